The summed E-state index contributed by atoms with van der Waals surface area (Å²) in [6.07, 6.45) is 0. The van der Waals surface area contributed by atoms with Gasteiger partial charge in [-0.3, -0.25) is 14.5 Å². The zero-order chi connectivity index (χ0) is 27.6. The second kappa shape index (κ2) is 11.5. The number of amides is 2. The van der Waals surface area contributed by atoms with Crippen molar-refractivity contribution < 1.29 is 14.0 Å². The highest BCUT2D eigenvalue weighted by Crippen LogP contribution is 2.49. The van der Waals surface area contributed by atoms with E-state index < -0.39 is 10.7 Å². The summed E-state index contributed by atoms with van der Waals surface area (Å²) in [5, 5.41) is 7.81. The third-order valence-electron chi connectivity index (χ3n) is 6.25. The first-order valence-electron chi connectivity index (χ1n) is 12.4. The first kappa shape index (κ1) is 28.1. The van der Waals surface area contributed by atoms with Crippen LogP contribution in [-0.2, 0) is 15.0 Å². The lowest BCUT2D eigenvalue weighted by atomic mass is 9.87. The Morgan fingerprint density at radius 2 is 1.87 bits per heavy atom. The summed E-state index contributed by atoms with van der Waals surface area (Å²) >= 11 is 7.96. The average molecular weight is 558 g/mol. The van der Waals surface area contributed by atoms with Gasteiger partial charge in [0.25, 0.3) is 0 Å². The minimum absolute atomic E-state index is 0.0742. The van der Waals surface area contributed by atoms with Gasteiger partial charge in [-0.2, -0.15) is 5.10 Å². The Bertz CT molecular complexity index is 1340. The van der Waals surface area contributed by atoms with E-state index in [1.807, 2.05) is 58.0 Å². The van der Waals surface area contributed by atoms with E-state index in [0.29, 0.717) is 46.4 Å². The number of likely N-dealkylation sites (N-methyl/N-ethyl adjacent to an activating group) is 1. The molecule has 4 rings (SSSR count). The third-order valence-corrected chi connectivity index (χ3v) is 7.81. The van der Waals surface area contributed by atoms with Gasteiger partial charge in [-0.1, -0.05) is 62.7 Å². The lowest BCUT2D eigenvalue weighted by Crippen LogP contribution is -2.43. The van der Waals surface area contributed by atoms with Gasteiger partial charge in [0.05, 0.1) is 27.4 Å². The molecule has 1 unspecified atom stereocenters. The maximum absolute atomic E-state index is 15.2. The van der Waals surface area contributed by atoms with Crippen LogP contribution in [0.3, 0.4) is 0 Å². The summed E-state index contributed by atoms with van der Waals surface area (Å²) in [5.41, 5.74) is 2.01. The molecule has 38 heavy (non-hydrogen) atoms. The Hall–Kier alpha value is -2.88. The van der Waals surface area contributed by atoms with E-state index in [9.17, 15) is 9.59 Å². The molecule has 2 aromatic carbocycles. The number of benzene rings is 2. The second-order valence-electron chi connectivity index (χ2n) is 10.5. The molecule has 10 heteroatoms. The second-order valence-corrected chi connectivity index (χ2v) is 12.0. The number of carbonyl (C=O) groups excluding carboxylic acids is 2. The van der Waals surface area contributed by atoms with Crippen molar-refractivity contribution >= 4 is 41.0 Å². The molecule has 1 N–H and O–H groups in total. The van der Waals surface area contributed by atoms with Crippen LogP contribution >= 0.6 is 23.4 Å². The summed E-state index contributed by atoms with van der Waals surface area (Å²) in [6, 6.07) is 13.8. The van der Waals surface area contributed by atoms with Crippen LogP contribution in [0, 0.1) is 5.82 Å². The molecule has 3 aromatic rings. The molecule has 0 radical (unpaired) electrons. The van der Waals surface area contributed by atoms with Crippen molar-refractivity contribution in [2.75, 3.05) is 44.4 Å². The predicted octanol–water partition coefficient (Wildman–Crippen LogP) is 4.81. The molecule has 1 atom stereocenters. The molecule has 202 valence electrons. The fourth-order valence-corrected chi connectivity index (χ4v) is 5.85. The molecule has 1 aromatic heterocycles. The number of carbonyl (C=O) groups is 2. The van der Waals surface area contributed by atoms with Crippen LogP contribution in [0.4, 0.5) is 10.2 Å². The van der Waals surface area contributed by atoms with Gasteiger partial charge in [0, 0.05) is 29.6 Å². The van der Waals surface area contributed by atoms with Crippen LogP contribution in [-0.4, -0.2) is 66.0 Å². The van der Waals surface area contributed by atoms with E-state index in [1.165, 1.54) is 22.7 Å². The summed E-state index contributed by atoms with van der Waals surface area (Å²) in [7, 11) is 3.85. The van der Waals surface area contributed by atoms with Crippen molar-refractivity contribution in [3.8, 4) is 5.69 Å². The quantitative estimate of drug-likeness (QED) is 0.451. The van der Waals surface area contributed by atoms with Crippen LogP contribution in [0.5, 0.6) is 0 Å². The molecular formula is C28H33ClFN5O2S. The number of anilines is 1. The molecule has 0 bridgehead atoms. The molecule has 0 saturated carbocycles. The smallest absolute Gasteiger partial charge is 0.240 e. The molecule has 0 aliphatic carbocycles. The van der Waals surface area contributed by atoms with Gasteiger partial charge in [-0.15, -0.1) is 11.8 Å². The number of para-hydroxylation sites is 1. The highest BCUT2D eigenvalue weighted by Gasteiger charge is 2.40. The number of nitrogens with one attached hydrogen (secondary N) is 1. The number of aromatic nitrogens is 2. The van der Waals surface area contributed by atoms with Gasteiger partial charge in [0.15, 0.2) is 0 Å². The lowest BCUT2D eigenvalue weighted by Gasteiger charge is -2.25. The molecule has 2 heterocycles. The van der Waals surface area contributed by atoms with Crippen LogP contribution < -0.4 is 10.2 Å². The van der Waals surface area contributed by atoms with Gasteiger partial charge in [-0.05, 0) is 32.3 Å². The van der Waals surface area contributed by atoms with Crippen molar-refractivity contribution in [1.29, 1.82) is 0 Å². The topological polar surface area (TPSA) is 70.5 Å². The fraction of sp³-hybridized carbons (Fsp3) is 0.393. The minimum Gasteiger partial charge on any atom is -0.353 e. The van der Waals surface area contributed by atoms with Crippen molar-refractivity contribution in [2.45, 2.75) is 31.4 Å². The maximum Gasteiger partial charge on any atom is 0.240 e. The van der Waals surface area contributed by atoms with E-state index in [-0.39, 0.29) is 29.9 Å². The zero-order valence-electron chi connectivity index (χ0n) is 22.3. The van der Waals surface area contributed by atoms with E-state index in [2.05, 4.69) is 5.32 Å². The van der Waals surface area contributed by atoms with Crippen molar-refractivity contribution in [1.82, 2.24) is 20.0 Å². The SMILES string of the molecule is CN(C)CCNC(=O)CN1C(=O)CSC(c2ccccc2F)c2c(C(C)(C)C)nn(-c3ccccc3Cl)c21. The minimum atomic E-state index is -0.512. The van der Waals surface area contributed by atoms with E-state index in [4.69, 9.17) is 16.7 Å². The van der Waals surface area contributed by atoms with Crippen molar-refractivity contribution in [3.63, 3.8) is 0 Å². The molecule has 0 saturated heterocycles. The molecule has 0 spiro atoms. The summed E-state index contributed by atoms with van der Waals surface area (Å²) in [6.45, 7) is 7.01. The maximum atomic E-state index is 15.2. The Morgan fingerprint density at radius 1 is 1.18 bits per heavy atom. The number of nitrogens with zero attached hydrogens (tertiary/aromatic N) is 4. The first-order chi connectivity index (χ1) is 18.0. The van der Waals surface area contributed by atoms with Crippen LogP contribution in [0.25, 0.3) is 5.69 Å². The van der Waals surface area contributed by atoms with Crippen molar-refractivity contribution in [2.24, 2.45) is 0 Å². The van der Waals surface area contributed by atoms with Gasteiger partial charge >= 0.3 is 0 Å². The molecule has 7 nitrogen and oxygen atoms in total. The van der Waals surface area contributed by atoms with Crippen LogP contribution in [0.2, 0.25) is 5.02 Å². The number of fused-ring (bicyclic) bond motifs is 1. The number of rotatable bonds is 7. The number of hydrogen-bond acceptors (Lipinski definition) is 5. The Balaban J connectivity index is 1.95. The van der Waals surface area contributed by atoms with Gasteiger partial charge < -0.3 is 10.2 Å². The molecule has 1 aliphatic heterocycles. The monoisotopic (exact) mass is 557 g/mol. The molecule has 0 fully saturated rings. The van der Waals surface area contributed by atoms with E-state index >= 15 is 4.39 Å². The van der Waals surface area contributed by atoms with E-state index in [1.54, 1.807) is 28.9 Å². The van der Waals surface area contributed by atoms with Crippen molar-refractivity contribution in [3.05, 3.63) is 76.2 Å². The zero-order valence-corrected chi connectivity index (χ0v) is 23.9. The Morgan fingerprint density at radius 3 is 2.53 bits per heavy atom. The Labute approximate surface area is 232 Å². The van der Waals surface area contributed by atoms with Crippen LogP contribution in [0.15, 0.2) is 48.5 Å². The Kier molecular flexibility index (Phi) is 8.49. The summed E-state index contributed by atoms with van der Waals surface area (Å²) < 4.78 is 16.8. The lowest BCUT2D eigenvalue weighted by molar-refractivity contribution is -0.122. The van der Waals surface area contributed by atoms with Crippen LogP contribution in [0.1, 0.15) is 42.8 Å². The normalized spacial score (nSPS) is 15.9. The van der Waals surface area contributed by atoms with Gasteiger partial charge in [0.1, 0.15) is 18.2 Å². The average Bonchev–Trinajstić information content (AvgIpc) is 3.18. The largest absolute Gasteiger partial charge is 0.353 e. The third kappa shape index (κ3) is 5.90. The van der Waals surface area contributed by atoms with E-state index in [0.717, 1.165) is 0 Å². The summed E-state index contributed by atoms with van der Waals surface area (Å²) in [5.74, 6) is -0.390. The molecular weight excluding hydrogens is 525 g/mol. The number of thioether (sulfide) groups is 1. The highest BCUT2D eigenvalue weighted by molar-refractivity contribution is 8.00. The first-order valence-corrected chi connectivity index (χ1v) is 13.9. The fourth-order valence-electron chi connectivity index (χ4n) is 4.42. The number of hydrogen-bond donors (Lipinski definition) is 1. The number of halogens is 2. The molecule has 1 aliphatic rings. The van der Waals surface area contributed by atoms with Gasteiger partial charge in [0.2, 0.25) is 11.8 Å². The highest BCUT2D eigenvalue weighted by atomic mass is 35.5. The predicted molar refractivity (Wildman–Crippen MR) is 152 cm³/mol. The summed E-state index contributed by atoms with van der Waals surface area (Å²) in [4.78, 5) is 30.1. The van der Waals surface area contributed by atoms with Gasteiger partial charge in [-0.25, -0.2) is 9.07 Å². The molecule has 2 amide bonds. The standard InChI is InChI=1S/C28H33ClFN5O2S/c1-28(2,3)26-24-25(18-10-6-8-12-20(18)30)38-17-23(37)34(16-22(36)31-14-15-33(4)5)27(24)35(32-26)21-13-9-7-11-19(21)29/h6-13,25H,14-17H2,1-5H3,(H,31,36).